The van der Waals surface area contributed by atoms with E-state index in [0.29, 0.717) is 5.56 Å². The first-order valence-corrected chi connectivity index (χ1v) is 4.01. The zero-order valence-electron chi connectivity index (χ0n) is 7.60. The molecule has 0 aliphatic heterocycles. The Balaban J connectivity index is 3.41. The van der Waals surface area contributed by atoms with Crippen LogP contribution in [0.15, 0.2) is 24.3 Å². The van der Waals surface area contributed by atoms with Crippen molar-refractivity contribution >= 4 is 11.8 Å². The summed E-state index contributed by atoms with van der Waals surface area (Å²) in [6, 6.07) is 6.40. The molecular formula is C10H8N2O2. The predicted molar refractivity (Wildman–Crippen MR) is 52.5 cm³/mol. The summed E-state index contributed by atoms with van der Waals surface area (Å²) in [5.74, 6) is 0. The third kappa shape index (κ3) is 1.77. The normalized spacial score (nSPS) is 10.0. The summed E-state index contributed by atoms with van der Waals surface area (Å²) in [5.41, 5.74) is 0.530. The van der Waals surface area contributed by atoms with Gasteiger partial charge in [-0.3, -0.25) is 10.1 Å². The highest BCUT2D eigenvalue weighted by molar-refractivity contribution is 5.64. The lowest BCUT2D eigenvalue weighted by Gasteiger charge is -1.98. The Hall–Kier alpha value is -2.15. The molecule has 1 rings (SSSR count). The van der Waals surface area contributed by atoms with Crippen LogP contribution in [0.5, 0.6) is 0 Å². The van der Waals surface area contributed by atoms with Gasteiger partial charge in [-0.1, -0.05) is 24.3 Å². The smallest absolute Gasteiger partial charge is 0.258 e. The Labute approximate surface area is 81.2 Å². The second-order valence-electron chi connectivity index (χ2n) is 2.61. The summed E-state index contributed by atoms with van der Waals surface area (Å²) in [6.07, 6.45) is 3.41. The van der Waals surface area contributed by atoms with E-state index in [4.69, 9.17) is 5.26 Å². The second-order valence-corrected chi connectivity index (χ2v) is 2.61. The van der Waals surface area contributed by atoms with Crippen LogP contribution in [0.4, 0.5) is 5.69 Å². The van der Waals surface area contributed by atoms with Gasteiger partial charge in [-0.05, 0) is 12.5 Å². The van der Waals surface area contributed by atoms with E-state index >= 15 is 0 Å². The van der Waals surface area contributed by atoms with E-state index in [0.717, 1.165) is 0 Å². The van der Waals surface area contributed by atoms with Crippen molar-refractivity contribution in [1.82, 2.24) is 0 Å². The third-order valence-corrected chi connectivity index (χ3v) is 1.73. The number of rotatable bonds is 2. The van der Waals surface area contributed by atoms with Gasteiger partial charge >= 0.3 is 0 Å². The summed E-state index contributed by atoms with van der Waals surface area (Å²) >= 11 is 0. The maximum Gasteiger partial charge on any atom is 0.287 e. The molecule has 0 atom stereocenters. The van der Waals surface area contributed by atoms with Gasteiger partial charge in [0.05, 0.1) is 4.92 Å². The molecule has 70 valence electrons. The molecule has 0 aromatic heterocycles. The highest BCUT2D eigenvalue weighted by Crippen LogP contribution is 2.22. The van der Waals surface area contributed by atoms with Crippen molar-refractivity contribution < 1.29 is 4.92 Å². The maximum absolute atomic E-state index is 10.6. The number of nitriles is 1. The van der Waals surface area contributed by atoms with Crippen molar-refractivity contribution in [2.75, 3.05) is 0 Å². The van der Waals surface area contributed by atoms with E-state index in [2.05, 4.69) is 0 Å². The molecule has 0 aliphatic carbocycles. The first-order chi connectivity index (χ1) is 6.70. The summed E-state index contributed by atoms with van der Waals surface area (Å²) in [5, 5.41) is 19.4. The van der Waals surface area contributed by atoms with Crippen molar-refractivity contribution in [3.63, 3.8) is 0 Å². The number of allylic oxidation sites excluding steroid dienone is 1. The lowest BCUT2D eigenvalue weighted by Crippen LogP contribution is -1.93. The number of nitrogens with zero attached hydrogens (tertiary/aromatic N) is 2. The third-order valence-electron chi connectivity index (χ3n) is 1.73. The number of nitro benzene ring substituents is 1. The average molecular weight is 188 g/mol. The molecule has 0 fully saturated rings. The first kappa shape index (κ1) is 9.93. The number of hydrogen-bond acceptors (Lipinski definition) is 3. The quantitative estimate of drug-likeness (QED) is 0.529. The van der Waals surface area contributed by atoms with Crippen LogP contribution in [-0.2, 0) is 0 Å². The van der Waals surface area contributed by atoms with Crippen LogP contribution in [0.1, 0.15) is 18.1 Å². The van der Waals surface area contributed by atoms with E-state index < -0.39 is 4.92 Å². The molecule has 14 heavy (non-hydrogen) atoms. The molecule has 1 aromatic rings. The molecule has 0 heterocycles. The molecule has 0 bridgehead atoms. The molecule has 0 saturated heterocycles. The van der Waals surface area contributed by atoms with Gasteiger partial charge in [0.1, 0.15) is 11.6 Å². The maximum atomic E-state index is 10.6. The lowest BCUT2D eigenvalue weighted by atomic mass is 10.1. The summed E-state index contributed by atoms with van der Waals surface area (Å²) in [4.78, 5) is 10.0. The Morgan fingerprint density at radius 2 is 2.29 bits per heavy atom. The van der Waals surface area contributed by atoms with Crippen molar-refractivity contribution in [3.8, 4) is 6.07 Å². The Kier molecular flexibility index (Phi) is 2.97. The van der Waals surface area contributed by atoms with Gasteiger partial charge < -0.3 is 0 Å². The van der Waals surface area contributed by atoms with Gasteiger partial charge in [-0.25, -0.2) is 0 Å². The molecule has 4 heteroatoms. The number of benzene rings is 1. The van der Waals surface area contributed by atoms with Crippen molar-refractivity contribution in [2.24, 2.45) is 0 Å². The second kappa shape index (κ2) is 4.19. The van der Waals surface area contributed by atoms with Gasteiger partial charge in [-0.2, -0.15) is 5.26 Å². The minimum absolute atomic E-state index is 0.107. The molecule has 0 N–H and O–H groups in total. The SMILES string of the molecule is C/C=C/c1cccc([N+](=O)[O-])c1C#N. The minimum atomic E-state index is -0.550. The van der Waals surface area contributed by atoms with Crippen LogP contribution in [0, 0.1) is 21.4 Å². The van der Waals surface area contributed by atoms with Crippen LogP contribution in [0.2, 0.25) is 0 Å². The largest absolute Gasteiger partial charge is 0.287 e. The van der Waals surface area contributed by atoms with E-state index in [1.165, 1.54) is 6.07 Å². The standard InChI is InChI=1S/C10H8N2O2/c1-2-4-8-5-3-6-10(12(13)14)9(8)7-11/h2-6H,1H3/b4-2+. The van der Waals surface area contributed by atoms with Crippen molar-refractivity contribution in [3.05, 3.63) is 45.5 Å². The molecule has 0 radical (unpaired) electrons. The molecule has 0 unspecified atom stereocenters. The molecule has 0 saturated carbocycles. The Morgan fingerprint density at radius 1 is 1.57 bits per heavy atom. The predicted octanol–water partition coefficient (Wildman–Crippen LogP) is 2.50. The van der Waals surface area contributed by atoms with Crippen LogP contribution in [0.3, 0.4) is 0 Å². The Morgan fingerprint density at radius 3 is 2.79 bits per heavy atom. The molecule has 4 nitrogen and oxygen atoms in total. The van der Waals surface area contributed by atoms with Crippen LogP contribution in [-0.4, -0.2) is 4.92 Å². The fourth-order valence-electron chi connectivity index (χ4n) is 1.15. The van der Waals surface area contributed by atoms with Gasteiger partial charge in [-0.15, -0.1) is 0 Å². The summed E-state index contributed by atoms with van der Waals surface area (Å²) < 4.78 is 0. The average Bonchev–Trinajstić information content (AvgIpc) is 2.18. The topological polar surface area (TPSA) is 66.9 Å². The lowest BCUT2D eigenvalue weighted by molar-refractivity contribution is -0.385. The monoisotopic (exact) mass is 188 g/mol. The fourth-order valence-corrected chi connectivity index (χ4v) is 1.15. The van der Waals surface area contributed by atoms with Crippen LogP contribution >= 0.6 is 0 Å². The van der Waals surface area contributed by atoms with Crippen molar-refractivity contribution in [2.45, 2.75) is 6.92 Å². The summed E-state index contributed by atoms with van der Waals surface area (Å²) in [7, 11) is 0. The van der Waals surface area contributed by atoms with Crippen LogP contribution < -0.4 is 0 Å². The van der Waals surface area contributed by atoms with E-state index in [9.17, 15) is 10.1 Å². The Bertz CT molecular complexity index is 430. The van der Waals surface area contributed by atoms with E-state index in [1.807, 2.05) is 6.07 Å². The van der Waals surface area contributed by atoms with Gasteiger partial charge in [0, 0.05) is 6.07 Å². The first-order valence-electron chi connectivity index (χ1n) is 4.01. The fraction of sp³-hybridized carbons (Fsp3) is 0.100. The highest BCUT2D eigenvalue weighted by Gasteiger charge is 2.14. The van der Waals surface area contributed by atoms with Gasteiger partial charge in [0.2, 0.25) is 0 Å². The van der Waals surface area contributed by atoms with E-state index in [-0.39, 0.29) is 11.3 Å². The zero-order valence-corrected chi connectivity index (χ0v) is 7.60. The molecule has 0 amide bonds. The van der Waals surface area contributed by atoms with Crippen molar-refractivity contribution in [1.29, 1.82) is 5.26 Å². The van der Waals surface area contributed by atoms with Crippen LogP contribution in [0.25, 0.3) is 6.08 Å². The van der Waals surface area contributed by atoms with E-state index in [1.54, 1.807) is 31.2 Å². The zero-order chi connectivity index (χ0) is 10.6. The number of nitro groups is 1. The highest BCUT2D eigenvalue weighted by atomic mass is 16.6. The molecule has 1 aromatic carbocycles. The summed E-state index contributed by atoms with van der Waals surface area (Å²) in [6.45, 7) is 1.79. The molecule has 0 aliphatic rings. The number of hydrogen-bond donors (Lipinski definition) is 0. The van der Waals surface area contributed by atoms with Gasteiger partial charge in [0.25, 0.3) is 5.69 Å². The molecule has 0 spiro atoms. The minimum Gasteiger partial charge on any atom is -0.258 e. The molecular weight excluding hydrogens is 180 g/mol. The van der Waals surface area contributed by atoms with Gasteiger partial charge in [0.15, 0.2) is 0 Å².